The van der Waals surface area contributed by atoms with E-state index in [9.17, 15) is 4.79 Å². The number of aromatic nitrogens is 1. The molecular formula is C10H13BrN4O2. The number of carbonyl (C=O) groups excluding carboxylic acids is 1. The highest BCUT2D eigenvalue weighted by Gasteiger charge is 2.16. The van der Waals surface area contributed by atoms with Gasteiger partial charge in [0.15, 0.2) is 5.84 Å². The summed E-state index contributed by atoms with van der Waals surface area (Å²) in [6.45, 7) is 1.82. The molecule has 1 unspecified atom stereocenters. The lowest BCUT2D eigenvalue weighted by Gasteiger charge is -2.15. The summed E-state index contributed by atoms with van der Waals surface area (Å²) in [7, 11) is 0. The van der Waals surface area contributed by atoms with E-state index >= 15 is 0 Å². The number of nitrogens with two attached hydrogens (primary N) is 1. The number of hydrogen-bond donors (Lipinski definition) is 3. The zero-order chi connectivity index (χ0) is 12.8. The van der Waals surface area contributed by atoms with Crippen LogP contribution in [-0.2, 0) is 0 Å². The predicted octanol–water partition coefficient (Wildman–Crippen LogP) is 1.10. The number of oxime groups is 1. The van der Waals surface area contributed by atoms with E-state index in [4.69, 9.17) is 10.9 Å². The first-order chi connectivity index (χ1) is 8.08. The molecule has 1 aromatic heterocycles. The van der Waals surface area contributed by atoms with Gasteiger partial charge in [-0.05, 0) is 28.4 Å². The maximum absolute atomic E-state index is 11.8. The molecule has 17 heavy (non-hydrogen) atoms. The number of nitrogens with one attached hydrogen (secondary N) is 1. The Balaban J connectivity index is 2.78. The van der Waals surface area contributed by atoms with Crippen molar-refractivity contribution in [1.29, 1.82) is 0 Å². The number of amides is 1. The van der Waals surface area contributed by atoms with Crippen LogP contribution in [0.15, 0.2) is 28.1 Å². The SMILES string of the molecule is CCC(NC(=O)c1cncc(Br)c1)/C(N)=N/O. The number of pyridine rings is 1. The number of hydrogen-bond acceptors (Lipinski definition) is 4. The third-order valence-corrected chi connectivity index (χ3v) is 2.59. The van der Waals surface area contributed by atoms with Gasteiger partial charge in [0.2, 0.25) is 0 Å². The van der Waals surface area contributed by atoms with E-state index in [2.05, 4.69) is 31.4 Å². The quantitative estimate of drug-likeness (QED) is 0.335. The van der Waals surface area contributed by atoms with E-state index in [0.717, 1.165) is 0 Å². The van der Waals surface area contributed by atoms with Crippen LogP contribution in [0.1, 0.15) is 23.7 Å². The lowest BCUT2D eigenvalue weighted by Crippen LogP contribution is -2.44. The Kier molecular flexibility index (Phi) is 4.89. The molecule has 1 atom stereocenters. The number of nitrogens with zero attached hydrogens (tertiary/aromatic N) is 2. The smallest absolute Gasteiger partial charge is 0.253 e. The van der Waals surface area contributed by atoms with E-state index in [1.165, 1.54) is 6.20 Å². The molecule has 0 bridgehead atoms. The van der Waals surface area contributed by atoms with Crippen molar-refractivity contribution >= 4 is 27.7 Å². The van der Waals surface area contributed by atoms with Gasteiger partial charge in [-0.3, -0.25) is 9.78 Å². The molecule has 0 aromatic carbocycles. The highest BCUT2D eigenvalue weighted by Crippen LogP contribution is 2.09. The van der Waals surface area contributed by atoms with Gasteiger partial charge in [-0.1, -0.05) is 12.1 Å². The van der Waals surface area contributed by atoms with Gasteiger partial charge in [-0.25, -0.2) is 0 Å². The average molecular weight is 301 g/mol. The normalized spacial score (nSPS) is 13.2. The fourth-order valence-electron chi connectivity index (χ4n) is 1.23. The number of carbonyl (C=O) groups is 1. The second kappa shape index (κ2) is 6.19. The van der Waals surface area contributed by atoms with Crippen LogP contribution in [-0.4, -0.2) is 28.0 Å². The van der Waals surface area contributed by atoms with Crippen LogP contribution in [0.25, 0.3) is 0 Å². The Morgan fingerprint density at radius 1 is 1.71 bits per heavy atom. The maximum Gasteiger partial charge on any atom is 0.253 e. The van der Waals surface area contributed by atoms with Crippen LogP contribution in [0.4, 0.5) is 0 Å². The van der Waals surface area contributed by atoms with Crippen molar-refractivity contribution in [2.24, 2.45) is 10.9 Å². The summed E-state index contributed by atoms with van der Waals surface area (Å²) in [5, 5.41) is 14.1. The van der Waals surface area contributed by atoms with Crippen LogP contribution in [0, 0.1) is 0 Å². The molecule has 0 aliphatic carbocycles. The van der Waals surface area contributed by atoms with Crippen LogP contribution < -0.4 is 11.1 Å². The Hall–Kier alpha value is -1.63. The molecule has 1 amide bonds. The zero-order valence-corrected chi connectivity index (χ0v) is 10.8. The zero-order valence-electron chi connectivity index (χ0n) is 9.22. The van der Waals surface area contributed by atoms with Gasteiger partial charge in [0, 0.05) is 16.9 Å². The summed E-state index contributed by atoms with van der Waals surface area (Å²) in [5.74, 6) is -0.346. The van der Waals surface area contributed by atoms with Crippen LogP contribution in [0.3, 0.4) is 0 Å². The molecule has 0 aliphatic heterocycles. The molecule has 0 spiro atoms. The molecule has 0 radical (unpaired) electrons. The third-order valence-electron chi connectivity index (χ3n) is 2.15. The van der Waals surface area contributed by atoms with E-state index in [1.807, 2.05) is 6.92 Å². The van der Waals surface area contributed by atoms with Gasteiger partial charge in [0.05, 0.1) is 11.6 Å². The highest BCUT2D eigenvalue weighted by molar-refractivity contribution is 9.10. The first-order valence-electron chi connectivity index (χ1n) is 4.97. The second-order valence-electron chi connectivity index (χ2n) is 3.35. The molecule has 0 saturated heterocycles. The molecule has 1 rings (SSSR count). The van der Waals surface area contributed by atoms with E-state index < -0.39 is 6.04 Å². The molecular weight excluding hydrogens is 288 g/mol. The van der Waals surface area contributed by atoms with Crippen LogP contribution in [0.5, 0.6) is 0 Å². The Morgan fingerprint density at radius 3 is 2.94 bits per heavy atom. The third kappa shape index (κ3) is 3.70. The summed E-state index contributed by atoms with van der Waals surface area (Å²) in [4.78, 5) is 15.7. The molecule has 0 saturated carbocycles. The second-order valence-corrected chi connectivity index (χ2v) is 4.27. The number of rotatable bonds is 4. The molecule has 92 valence electrons. The van der Waals surface area contributed by atoms with Crippen LogP contribution in [0.2, 0.25) is 0 Å². The van der Waals surface area contributed by atoms with E-state index in [-0.39, 0.29) is 11.7 Å². The van der Waals surface area contributed by atoms with Crippen molar-refractivity contribution in [3.63, 3.8) is 0 Å². The van der Waals surface area contributed by atoms with Crippen molar-refractivity contribution in [3.05, 3.63) is 28.5 Å². The molecule has 7 heteroatoms. The number of halogens is 1. The minimum atomic E-state index is -0.494. The first kappa shape index (κ1) is 13.4. The standard InChI is InChI=1S/C10H13BrN4O2/c1-2-8(9(12)15-17)14-10(16)6-3-7(11)5-13-4-6/h3-5,8,17H,2H2,1H3,(H2,12,15)(H,14,16). The minimum absolute atomic E-state index is 0.0243. The minimum Gasteiger partial charge on any atom is -0.409 e. The largest absolute Gasteiger partial charge is 0.409 e. The lowest BCUT2D eigenvalue weighted by atomic mass is 10.2. The molecule has 0 aliphatic rings. The van der Waals surface area contributed by atoms with Gasteiger partial charge < -0.3 is 16.3 Å². The summed E-state index contributed by atoms with van der Waals surface area (Å²) in [6, 6.07) is 1.15. The Labute approximate surface area is 107 Å². The number of amidine groups is 1. The molecule has 4 N–H and O–H groups in total. The van der Waals surface area contributed by atoms with Crippen molar-refractivity contribution in [3.8, 4) is 0 Å². The monoisotopic (exact) mass is 300 g/mol. The maximum atomic E-state index is 11.8. The van der Waals surface area contributed by atoms with E-state index in [0.29, 0.717) is 16.5 Å². The molecule has 1 aromatic rings. The van der Waals surface area contributed by atoms with Crippen molar-refractivity contribution < 1.29 is 10.0 Å². The predicted molar refractivity (Wildman–Crippen MR) is 66.9 cm³/mol. The van der Waals surface area contributed by atoms with Gasteiger partial charge in [0.1, 0.15) is 0 Å². The fourth-order valence-corrected chi connectivity index (χ4v) is 1.60. The summed E-state index contributed by atoms with van der Waals surface area (Å²) in [5.41, 5.74) is 5.85. The van der Waals surface area contributed by atoms with Gasteiger partial charge in [0.25, 0.3) is 5.91 Å². The first-order valence-corrected chi connectivity index (χ1v) is 5.76. The molecule has 1 heterocycles. The fraction of sp³-hybridized carbons (Fsp3) is 0.300. The van der Waals surface area contributed by atoms with Crippen molar-refractivity contribution in [2.45, 2.75) is 19.4 Å². The highest BCUT2D eigenvalue weighted by atomic mass is 79.9. The summed E-state index contributed by atoms with van der Waals surface area (Å²) < 4.78 is 0.710. The Morgan fingerprint density at radius 2 is 2.41 bits per heavy atom. The Bertz CT molecular complexity index is 436. The van der Waals surface area contributed by atoms with E-state index in [1.54, 1.807) is 12.3 Å². The summed E-state index contributed by atoms with van der Waals surface area (Å²) in [6.07, 6.45) is 3.56. The lowest BCUT2D eigenvalue weighted by molar-refractivity contribution is 0.0945. The van der Waals surface area contributed by atoms with Crippen molar-refractivity contribution in [2.75, 3.05) is 0 Å². The molecule has 6 nitrogen and oxygen atoms in total. The summed E-state index contributed by atoms with van der Waals surface area (Å²) >= 11 is 3.23. The van der Waals surface area contributed by atoms with Gasteiger partial charge in [-0.2, -0.15) is 0 Å². The van der Waals surface area contributed by atoms with Gasteiger partial charge >= 0.3 is 0 Å². The molecule has 0 fully saturated rings. The van der Waals surface area contributed by atoms with Crippen molar-refractivity contribution in [1.82, 2.24) is 10.3 Å². The van der Waals surface area contributed by atoms with Gasteiger partial charge in [-0.15, -0.1) is 0 Å². The van der Waals surface area contributed by atoms with Crippen LogP contribution >= 0.6 is 15.9 Å². The topological polar surface area (TPSA) is 101 Å². The average Bonchev–Trinajstić information content (AvgIpc) is 2.34.